The molecule has 0 fully saturated rings. The number of carboxylic acids is 1. The second kappa shape index (κ2) is 8.26. The molecule has 4 aromatic rings. The fraction of sp³-hybridized carbons (Fsp3) is 0.0455. The van der Waals surface area contributed by atoms with Gasteiger partial charge < -0.3 is 9.67 Å². The molecule has 30 heavy (non-hydrogen) atoms. The molecule has 0 spiro atoms. The van der Waals surface area contributed by atoms with Gasteiger partial charge in [0.25, 0.3) is 0 Å². The monoisotopic (exact) mass is 441 g/mol. The van der Waals surface area contributed by atoms with Gasteiger partial charge in [0.05, 0.1) is 6.54 Å². The molecule has 0 aliphatic heterocycles. The first kappa shape index (κ1) is 20.1. The summed E-state index contributed by atoms with van der Waals surface area (Å²) >= 11 is 12.4. The van der Waals surface area contributed by atoms with E-state index in [0.717, 1.165) is 0 Å². The summed E-state index contributed by atoms with van der Waals surface area (Å²) in [6, 6.07) is 14.0. The molecule has 8 heteroatoms. The van der Waals surface area contributed by atoms with Gasteiger partial charge in [-0.3, -0.25) is 4.98 Å². The van der Waals surface area contributed by atoms with Gasteiger partial charge in [0.2, 0.25) is 0 Å². The van der Waals surface area contributed by atoms with Gasteiger partial charge >= 0.3 is 5.97 Å². The number of pyridine rings is 1. The molecule has 1 N–H and O–H groups in total. The minimum Gasteiger partial charge on any atom is -0.477 e. The van der Waals surface area contributed by atoms with Crippen LogP contribution >= 0.6 is 23.2 Å². The van der Waals surface area contributed by atoms with E-state index >= 15 is 0 Å². The molecule has 5 nitrogen and oxygen atoms in total. The van der Waals surface area contributed by atoms with E-state index in [1.165, 1.54) is 24.3 Å². The fourth-order valence-electron chi connectivity index (χ4n) is 3.18. The molecule has 0 aliphatic carbocycles. The predicted octanol–water partition coefficient (Wildman–Crippen LogP) is 5.80. The maximum atomic E-state index is 13.4. The first-order valence-electron chi connectivity index (χ1n) is 8.88. The zero-order valence-electron chi connectivity index (χ0n) is 15.4. The van der Waals surface area contributed by atoms with Crippen LogP contribution in [0.5, 0.6) is 0 Å². The number of benzene rings is 2. The lowest BCUT2D eigenvalue weighted by molar-refractivity contribution is 0.0686. The number of nitrogens with zero attached hydrogens (tertiary/aromatic N) is 3. The number of halogens is 3. The van der Waals surface area contributed by atoms with Crippen LogP contribution in [0.2, 0.25) is 10.0 Å². The Kier molecular flexibility index (Phi) is 5.53. The maximum Gasteiger partial charge on any atom is 0.354 e. The molecule has 0 saturated carbocycles. The van der Waals surface area contributed by atoms with Crippen molar-refractivity contribution in [3.8, 4) is 22.6 Å². The van der Waals surface area contributed by atoms with Crippen molar-refractivity contribution in [1.29, 1.82) is 0 Å². The molecule has 4 rings (SSSR count). The molecule has 2 aromatic carbocycles. The average molecular weight is 442 g/mol. The summed E-state index contributed by atoms with van der Waals surface area (Å²) in [7, 11) is 0. The Hall–Kier alpha value is -3.22. The topological polar surface area (TPSA) is 68.0 Å². The molecule has 2 aromatic heterocycles. The molecule has 0 amide bonds. The molecule has 0 radical (unpaired) electrons. The van der Waals surface area contributed by atoms with Crippen LogP contribution in [0.25, 0.3) is 22.6 Å². The number of hydrogen-bond donors (Lipinski definition) is 1. The van der Waals surface area contributed by atoms with Gasteiger partial charge in [0.15, 0.2) is 5.69 Å². The van der Waals surface area contributed by atoms with Crippen molar-refractivity contribution in [2.45, 2.75) is 6.54 Å². The lowest BCUT2D eigenvalue weighted by Crippen LogP contribution is -2.12. The van der Waals surface area contributed by atoms with E-state index in [9.17, 15) is 14.3 Å². The molecular formula is C22H14Cl2FN3O2. The van der Waals surface area contributed by atoms with Crippen LogP contribution < -0.4 is 0 Å². The number of rotatable bonds is 5. The quantitative estimate of drug-likeness (QED) is 0.424. The summed E-state index contributed by atoms with van der Waals surface area (Å²) in [5.41, 5.74) is 1.93. The highest BCUT2D eigenvalue weighted by Crippen LogP contribution is 2.32. The first-order valence-corrected chi connectivity index (χ1v) is 9.63. The molecule has 0 bridgehead atoms. The Morgan fingerprint density at radius 3 is 2.50 bits per heavy atom. The van der Waals surface area contributed by atoms with E-state index in [4.69, 9.17) is 23.2 Å². The van der Waals surface area contributed by atoms with Crippen molar-refractivity contribution in [2.24, 2.45) is 0 Å². The van der Waals surface area contributed by atoms with Crippen molar-refractivity contribution < 1.29 is 14.3 Å². The minimum absolute atomic E-state index is 0.0449. The molecule has 0 atom stereocenters. The van der Waals surface area contributed by atoms with E-state index in [1.807, 2.05) is 0 Å². The fourth-order valence-corrected chi connectivity index (χ4v) is 3.55. The normalized spacial score (nSPS) is 10.9. The highest BCUT2D eigenvalue weighted by atomic mass is 35.5. The zero-order valence-corrected chi connectivity index (χ0v) is 16.9. The number of hydrogen-bond acceptors (Lipinski definition) is 3. The molecule has 0 unspecified atom stereocenters. The van der Waals surface area contributed by atoms with Gasteiger partial charge in [-0.25, -0.2) is 14.2 Å². The van der Waals surface area contributed by atoms with Crippen LogP contribution in [0.4, 0.5) is 4.39 Å². The van der Waals surface area contributed by atoms with Gasteiger partial charge in [-0.15, -0.1) is 0 Å². The van der Waals surface area contributed by atoms with E-state index in [0.29, 0.717) is 32.6 Å². The number of carbonyl (C=O) groups is 1. The Balaban J connectivity index is 1.97. The summed E-state index contributed by atoms with van der Waals surface area (Å²) in [6.45, 7) is 0.124. The molecule has 0 saturated heterocycles. The molecule has 2 heterocycles. The summed E-state index contributed by atoms with van der Waals surface area (Å²) in [4.78, 5) is 21.0. The second-order valence-electron chi connectivity index (χ2n) is 6.51. The molecule has 150 valence electrons. The number of imidazole rings is 1. The summed E-state index contributed by atoms with van der Waals surface area (Å²) in [6.07, 6.45) is 3.21. The SMILES string of the molecule is O=C(O)c1c(-c2ccc(F)cc2)nc(-c2cccnc2)n1Cc1cc(Cl)ccc1Cl. The van der Waals surface area contributed by atoms with Gasteiger partial charge in [-0.1, -0.05) is 23.2 Å². The van der Waals surface area contributed by atoms with E-state index < -0.39 is 11.8 Å². The summed E-state index contributed by atoms with van der Waals surface area (Å²) < 4.78 is 15.0. The molecule has 0 aliphatic rings. The number of aromatic carboxylic acids is 1. The lowest BCUT2D eigenvalue weighted by atomic mass is 10.1. The Morgan fingerprint density at radius 1 is 1.07 bits per heavy atom. The zero-order chi connectivity index (χ0) is 21.3. The minimum atomic E-state index is -1.17. The van der Waals surface area contributed by atoms with Crippen molar-refractivity contribution in [3.05, 3.63) is 94.1 Å². The third-order valence-electron chi connectivity index (χ3n) is 4.54. The standard InChI is InChI=1S/C22H14Cl2FN3O2/c23-16-5-8-18(24)15(10-16)12-28-20(22(29)30)19(13-3-6-17(25)7-4-13)27-21(28)14-2-1-9-26-11-14/h1-11H,12H2,(H,29,30). The van der Waals surface area contributed by atoms with Crippen molar-refractivity contribution in [1.82, 2.24) is 14.5 Å². The van der Waals surface area contributed by atoms with Gasteiger partial charge in [0.1, 0.15) is 17.3 Å². The second-order valence-corrected chi connectivity index (χ2v) is 7.35. The average Bonchev–Trinajstić information content (AvgIpc) is 3.11. The number of carboxylic acid groups (broad SMARTS) is 1. The van der Waals surface area contributed by atoms with Crippen LogP contribution in [0.15, 0.2) is 67.0 Å². The van der Waals surface area contributed by atoms with E-state index in [1.54, 1.807) is 47.3 Å². The number of aromatic nitrogens is 3. The third kappa shape index (κ3) is 3.92. The lowest BCUT2D eigenvalue weighted by Gasteiger charge is -2.12. The third-order valence-corrected chi connectivity index (χ3v) is 5.15. The van der Waals surface area contributed by atoms with Gasteiger partial charge in [-0.2, -0.15) is 0 Å². The van der Waals surface area contributed by atoms with Crippen LogP contribution in [-0.4, -0.2) is 25.6 Å². The van der Waals surface area contributed by atoms with E-state index in [2.05, 4.69) is 9.97 Å². The van der Waals surface area contributed by atoms with Crippen LogP contribution in [0, 0.1) is 5.82 Å². The van der Waals surface area contributed by atoms with Crippen molar-refractivity contribution in [2.75, 3.05) is 0 Å². The van der Waals surface area contributed by atoms with E-state index in [-0.39, 0.29) is 17.9 Å². The Morgan fingerprint density at radius 2 is 1.83 bits per heavy atom. The highest BCUT2D eigenvalue weighted by molar-refractivity contribution is 6.33. The Labute approximate surface area is 181 Å². The smallest absolute Gasteiger partial charge is 0.354 e. The van der Waals surface area contributed by atoms with Gasteiger partial charge in [-0.05, 0) is 60.2 Å². The largest absolute Gasteiger partial charge is 0.477 e. The van der Waals surface area contributed by atoms with Crippen molar-refractivity contribution >= 4 is 29.2 Å². The van der Waals surface area contributed by atoms with Gasteiger partial charge in [0, 0.05) is 33.6 Å². The van der Waals surface area contributed by atoms with Crippen LogP contribution in [-0.2, 0) is 6.54 Å². The Bertz CT molecular complexity index is 1230. The van der Waals surface area contributed by atoms with Crippen molar-refractivity contribution in [3.63, 3.8) is 0 Å². The summed E-state index contributed by atoms with van der Waals surface area (Å²) in [5, 5.41) is 10.9. The van der Waals surface area contributed by atoms with Crippen LogP contribution in [0.3, 0.4) is 0 Å². The molecular weight excluding hydrogens is 428 g/mol. The summed E-state index contributed by atoms with van der Waals surface area (Å²) in [5.74, 6) is -1.20. The first-order chi connectivity index (χ1) is 14.4. The van der Waals surface area contributed by atoms with Crippen LogP contribution in [0.1, 0.15) is 16.1 Å². The maximum absolute atomic E-state index is 13.4. The predicted molar refractivity (Wildman–Crippen MR) is 113 cm³/mol. The highest BCUT2D eigenvalue weighted by Gasteiger charge is 2.25.